The Balaban J connectivity index is 1.80. The lowest BCUT2D eigenvalue weighted by Gasteiger charge is -2.24. The second-order valence-corrected chi connectivity index (χ2v) is 5.28. The van der Waals surface area contributed by atoms with Crippen molar-refractivity contribution in [1.29, 1.82) is 0 Å². The third kappa shape index (κ3) is 2.74. The minimum atomic E-state index is -0.355. The van der Waals surface area contributed by atoms with Crippen molar-refractivity contribution >= 4 is 11.9 Å². The maximum absolute atomic E-state index is 11.9. The molecule has 1 saturated heterocycles. The summed E-state index contributed by atoms with van der Waals surface area (Å²) in [5, 5.41) is 0. The second kappa shape index (κ2) is 5.49. The van der Waals surface area contributed by atoms with Gasteiger partial charge in [0.1, 0.15) is 0 Å². The van der Waals surface area contributed by atoms with Gasteiger partial charge in [-0.2, -0.15) is 0 Å². The fraction of sp³-hybridized carbons (Fsp3) is 0.375. The van der Waals surface area contributed by atoms with E-state index in [2.05, 4.69) is 9.89 Å². The molecule has 1 aromatic rings. The summed E-state index contributed by atoms with van der Waals surface area (Å²) in [6.07, 6.45) is 5.45. The van der Waals surface area contributed by atoms with Crippen molar-refractivity contribution in [3.63, 3.8) is 0 Å². The lowest BCUT2D eigenvalue weighted by Crippen LogP contribution is -2.25. The van der Waals surface area contributed by atoms with Gasteiger partial charge >= 0.3 is 5.97 Å². The van der Waals surface area contributed by atoms with Gasteiger partial charge in [0.2, 0.25) is 5.90 Å². The Bertz CT molecular complexity index is 567. The van der Waals surface area contributed by atoms with Gasteiger partial charge in [0.05, 0.1) is 0 Å². The number of piperidine rings is 1. The number of aryl methyl sites for hydroxylation is 1. The quantitative estimate of drug-likeness (QED) is 0.613. The SMILES string of the molecule is Cc1ccc(C2=NC(=CN3CCCCC3)C(=O)O2)cc1. The number of aliphatic imine (C=N–C) groups is 1. The molecule has 0 N–H and O–H groups in total. The van der Waals surface area contributed by atoms with E-state index in [0.717, 1.165) is 18.7 Å². The zero-order valence-corrected chi connectivity index (χ0v) is 11.6. The summed E-state index contributed by atoms with van der Waals surface area (Å²) in [5.74, 6) is 0.0457. The molecule has 0 saturated carbocycles. The van der Waals surface area contributed by atoms with Crippen LogP contribution in [0.15, 0.2) is 41.2 Å². The van der Waals surface area contributed by atoms with E-state index in [1.165, 1.54) is 24.8 Å². The fourth-order valence-corrected chi connectivity index (χ4v) is 2.44. The molecule has 0 aliphatic carbocycles. The van der Waals surface area contributed by atoms with Crippen LogP contribution in [0.5, 0.6) is 0 Å². The van der Waals surface area contributed by atoms with Crippen LogP contribution in [0.1, 0.15) is 30.4 Å². The van der Waals surface area contributed by atoms with Crippen LogP contribution < -0.4 is 0 Å². The van der Waals surface area contributed by atoms with Crippen LogP contribution in [0.3, 0.4) is 0 Å². The summed E-state index contributed by atoms with van der Waals surface area (Å²) >= 11 is 0. The van der Waals surface area contributed by atoms with Crippen LogP contribution in [-0.2, 0) is 9.53 Å². The normalized spacial score (nSPS) is 21.1. The van der Waals surface area contributed by atoms with Gasteiger partial charge < -0.3 is 9.64 Å². The first-order chi connectivity index (χ1) is 9.72. The number of hydrogen-bond donors (Lipinski definition) is 0. The first-order valence-electron chi connectivity index (χ1n) is 7.06. The van der Waals surface area contributed by atoms with Crippen molar-refractivity contribution in [3.8, 4) is 0 Å². The number of benzene rings is 1. The highest BCUT2D eigenvalue weighted by Crippen LogP contribution is 2.19. The molecule has 104 valence electrons. The van der Waals surface area contributed by atoms with Crippen LogP contribution in [0.2, 0.25) is 0 Å². The molecular weight excluding hydrogens is 252 g/mol. The maximum atomic E-state index is 11.9. The molecule has 0 unspecified atom stereocenters. The van der Waals surface area contributed by atoms with E-state index in [9.17, 15) is 4.79 Å². The predicted molar refractivity (Wildman–Crippen MR) is 77.3 cm³/mol. The number of rotatable bonds is 2. The minimum absolute atomic E-state index is 0.355. The number of carbonyl (C=O) groups excluding carboxylic acids is 1. The van der Waals surface area contributed by atoms with Crippen molar-refractivity contribution in [2.24, 2.45) is 4.99 Å². The molecule has 3 rings (SSSR count). The molecule has 4 heteroatoms. The third-order valence-corrected chi connectivity index (χ3v) is 3.61. The van der Waals surface area contributed by atoms with Crippen molar-refractivity contribution < 1.29 is 9.53 Å². The van der Waals surface area contributed by atoms with Crippen molar-refractivity contribution in [3.05, 3.63) is 47.3 Å². The molecule has 0 spiro atoms. The molecule has 4 nitrogen and oxygen atoms in total. The summed E-state index contributed by atoms with van der Waals surface area (Å²) < 4.78 is 5.26. The molecule has 2 aliphatic heterocycles. The first-order valence-corrected chi connectivity index (χ1v) is 7.06. The number of cyclic esters (lactones) is 1. The van der Waals surface area contributed by atoms with Gasteiger partial charge in [-0.25, -0.2) is 9.79 Å². The molecule has 0 radical (unpaired) electrons. The largest absolute Gasteiger partial charge is 0.402 e. The van der Waals surface area contributed by atoms with E-state index in [1.54, 1.807) is 0 Å². The van der Waals surface area contributed by atoms with Crippen molar-refractivity contribution in [1.82, 2.24) is 4.90 Å². The lowest BCUT2D eigenvalue weighted by atomic mass is 10.1. The number of carbonyl (C=O) groups is 1. The van der Waals surface area contributed by atoms with Gasteiger partial charge in [-0.15, -0.1) is 0 Å². The number of ether oxygens (including phenoxy) is 1. The van der Waals surface area contributed by atoms with Gasteiger partial charge in [0, 0.05) is 24.9 Å². The Morgan fingerprint density at radius 2 is 1.85 bits per heavy atom. The average molecular weight is 270 g/mol. The van der Waals surface area contributed by atoms with Gasteiger partial charge in [0.25, 0.3) is 0 Å². The molecule has 0 amide bonds. The van der Waals surface area contributed by atoms with Gasteiger partial charge in [-0.05, 0) is 38.3 Å². The van der Waals surface area contributed by atoms with Crippen LogP contribution in [0.4, 0.5) is 0 Å². The zero-order valence-electron chi connectivity index (χ0n) is 11.6. The third-order valence-electron chi connectivity index (χ3n) is 3.61. The smallest absolute Gasteiger partial charge is 0.365 e. The second-order valence-electron chi connectivity index (χ2n) is 5.28. The number of hydrogen-bond acceptors (Lipinski definition) is 4. The summed E-state index contributed by atoms with van der Waals surface area (Å²) in [6.45, 7) is 4.01. The van der Waals surface area contributed by atoms with E-state index in [1.807, 2.05) is 37.4 Å². The highest BCUT2D eigenvalue weighted by atomic mass is 16.6. The summed E-state index contributed by atoms with van der Waals surface area (Å²) in [6, 6.07) is 7.81. The molecule has 1 fully saturated rings. The van der Waals surface area contributed by atoms with Crippen molar-refractivity contribution in [2.45, 2.75) is 26.2 Å². The summed E-state index contributed by atoms with van der Waals surface area (Å²) in [4.78, 5) is 18.3. The van der Waals surface area contributed by atoms with Crippen molar-refractivity contribution in [2.75, 3.05) is 13.1 Å². The topological polar surface area (TPSA) is 41.9 Å². The number of esters is 1. The molecular formula is C16H18N2O2. The molecule has 2 aliphatic rings. The Morgan fingerprint density at radius 3 is 2.55 bits per heavy atom. The minimum Gasteiger partial charge on any atom is -0.402 e. The molecule has 20 heavy (non-hydrogen) atoms. The summed E-state index contributed by atoms with van der Waals surface area (Å²) in [7, 11) is 0. The number of nitrogens with zero attached hydrogens (tertiary/aromatic N) is 2. The fourth-order valence-electron chi connectivity index (χ4n) is 2.44. The van der Waals surface area contributed by atoms with E-state index in [4.69, 9.17) is 4.74 Å². The van der Waals surface area contributed by atoms with Gasteiger partial charge in [-0.1, -0.05) is 17.7 Å². The zero-order chi connectivity index (χ0) is 13.9. The van der Waals surface area contributed by atoms with E-state index >= 15 is 0 Å². The Morgan fingerprint density at radius 1 is 1.15 bits per heavy atom. The first kappa shape index (κ1) is 12.9. The molecule has 1 aromatic carbocycles. The van der Waals surface area contributed by atoms with Gasteiger partial charge in [0.15, 0.2) is 5.70 Å². The maximum Gasteiger partial charge on any atom is 0.365 e. The molecule has 0 aromatic heterocycles. The molecule has 0 atom stereocenters. The Kier molecular flexibility index (Phi) is 3.54. The van der Waals surface area contributed by atoms with E-state index in [0.29, 0.717) is 11.6 Å². The van der Waals surface area contributed by atoms with E-state index < -0.39 is 0 Å². The van der Waals surface area contributed by atoms with Crippen LogP contribution in [0.25, 0.3) is 0 Å². The van der Waals surface area contributed by atoms with Gasteiger partial charge in [-0.3, -0.25) is 0 Å². The monoisotopic (exact) mass is 270 g/mol. The Hall–Kier alpha value is -2.10. The molecule has 0 bridgehead atoms. The predicted octanol–water partition coefficient (Wildman–Crippen LogP) is 2.63. The van der Waals surface area contributed by atoms with Crippen LogP contribution in [-0.4, -0.2) is 29.9 Å². The van der Waals surface area contributed by atoms with E-state index in [-0.39, 0.29) is 5.97 Å². The highest BCUT2D eigenvalue weighted by molar-refractivity contribution is 6.11. The average Bonchev–Trinajstić information content (AvgIpc) is 2.82. The van der Waals surface area contributed by atoms with Crippen LogP contribution in [0, 0.1) is 6.92 Å². The summed E-state index contributed by atoms with van der Waals surface area (Å²) in [5.41, 5.74) is 2.41. The highest BCUT2D eigenvalue weighted by Gasteiger charge is 2.25. The Labute approximate surface area is 118 Å². The van der Waals surface area contributed by atoms with Crippen LogP contribution >= 0.6 is 0 Å². The molecule has 2 heterocycles. The number of likely N-dealkylation sites (tertiary alicyclic amines) is 1. The standard InChI is InChI=1S/C16H18N2O2/c1-12-5-7-13(8-6-12)15-17-14(16(19)20-15)11-18-9-3-2-4-10-18/h5-8,11H,2-4,9-10H2,1H3. The lowest BCUT2D eigenvalue weighted by molar-refractivity contribution is -0.130.